The summed E-state index contributed by atoms with van der Waals surface area (Å²) < 4.78 is 0. The molecule has 12 heavy (non-hydrogen) atoms. The van der Waals surface area contributed by atoms with Gasteiger partial charge in [-0.2, -0.15) is 0 Å². The molecule has 0 unspecified atom stereocenters. The third kappa shape index (κ3) is 1.86. The standard InChI is InChI=1S/C7H13NO4/c9-4-5-1-2-8(7(11)12)3-6(5)10/h5-6,9-10H,1-4H2,(H,11,12)/t5-,6+/m0/s1. The molecule has 0 saturated carbocycles. The molecule has 0 bridgehead atoms. The quantitative estimate of drug-likeness (QED) is 0.494. The summed E-state index contributed by atoms with van der Waals surface area (Å²) in [4.78, 5) is 11.6. The Kier molecular flexibility index (Phi) is 2.88. The van der Waals surface area contributed by atoms with Crippen LogP contribution in [-0.2, 0) is 0 Å². The highest BCUT2D eigenvalue weighted by Crippen LogP contribution is 2.16. The topological polar surface area (TPSA) is 81.0 Å². The van der Waals surface area contributed by atoms with Gasteiger partial charge in [-0.3, -0.25) is 0 Å². The van der Waals surface area contributed by atoms with E-state index in [1.165, 1.54) is 0 Å². The molecule has 1 amide bonds. The SMILES string of the molecule is O=C(O)N1CC[C@@H](CO)[C@H](O)C1. The Bertz CT molecular complexity index is 173. The third-order valence-electron chi connectivity index (χ3n) is 2.23. The molecule has 0 aromatic heterocycles. The Labute approximate surface area is 70.2 Å². The number of hydrogen-bond acceptors (Lipinski definition) is 3. The molecule has 2 atom stereocenters. The summed E-state index contributed by atoms with van der Waals surface area (Å²) in [6, 6.07) is 0. The maximum Gasteiger partial charge on any atom is 0.407 e. The second-order valence-corrected chi connectivity index (χ2v) is 3.03. The minimum atomic E-state index is -1.01. The van der Waals surface area contributed by atoms with Gasteiger partial charge in [0, 0.05) is 19.1 Å². The molecule has 1 heterocycles. The lowest BCUT2D eigenvalue weighted by atomic mass is 9.95. The molecule has 0 aromatic carbocycles. The summed E-state index contributed by atoms with van der Waals surface area (Å²) >= 11 is 0. The van der Waals surface area contributed by atoms with E-state index in [1.54, 1.807) is 0 Å². The summed E-state index contributed by atoms with van der Waals surface area (Å²) in [6.45, 7) is 0.437. The first-order valence-corrected chi connectivity index (χ1v) is 3.92. The molecule has 1 aliphatic heterocycles. The zero-order valence-corrected chi connectivity index (χ0v) is 6.68. The predicted octanol–water partition coefficient (Wildman–Crippen LogP) is -0.660. The van der Waals surface area contributed by atoms with Crippen LogP contribution in [0.5, 0.6) is 0 Å². The summed E-state index contributed by atoms with van der Waals surface area (Å²) in [6.07, 6.45) is -1.20. The van der Waals surface area contributed by atoms with Gasteiger partial charge in [0.25, 0.3) is 0 Å². The number of nitrogens with zero attached hydrogens (tertiary/aromatic N) is 1. The van der Waals surface area contributed by atoms with Crippen LogP contribution in [0, 0.1) is 5.92 Å². The number of amides is 1. The van der Waals surface area contributed by atoms with Crippen molar-refractivity contribution in [2.24, 2.45) is 5.92 Å². The molecule has 3 N–H and O–H groups in total. The van der Waals surface area contributed by atoms with Gasteiger partial charge in [0.2, 0.25) is 0 Å². The second kappa shape index (κ2) is 3.73. The van der Waals surface area contributed by atoms with Crippen LogP contribution in [0.15, 0.2) is 0 Å². The van der Waals surface area contributed by atoms with Crippen LogP contribution in [0.4, 0.5) is 4.79 Å². The fraction of sp³-hybridized carbons (Fsp3) is 0.857. The van der Waals surface area contributed by atoms with Gasteiger partial charge in [-0.25, -0.2) is 4.79 Å². The van der Waals surface area contributed by atoms with Crippen LogP contribution >= 0.6 is 0 Å². The van der Waals surface area contributed by atoms with Crippen molar-refractivity contribution in [2.45, 2.75) is 12.5 Å². The van der Waals surface area contributed by atoms with E-state index in [0.29, 0.717) is 13.0 Å². The lowest BCUT2D eigenvalue weighted by Crippen LogP contribution is -2.47. The van der Waals surface area contributed by atoms with Gasteiger partial charge in [-0.15, -0.1) is 0 Å². The summed E-state index contributed by atoms with van der Waals surface area (Å²) in [5.74, 6) is -0.166. The van der Waals surface area contributed by atoms with Crippen molar-refractivity contribution in [1.82, 2.24) is 4.90 Å². The Morgan fingerprint density at radius 2 is 2.25 bits per heavy atom. The van der Waals surface area contributed by atoms with E-state index < -0.39 is 12.2 Å². The van der Waals surface area contributed by atoms with Gasteiger partial charge in [0.15, 0.2) is 0 Å². The number of carboxylic acid groups (broad SMARTS) is 1. The molecule has 5 nitrogen and oxygen atoms in total. The second-order valence-electron chi connectivity index (χ2n) is 3.03. The Morgan fingerprint density at radius 1 is 1.58 bits per heavy atom. The third-order valence-corrected chi connectivity index (χ3v) is 2.23. The fourth-order valence-corrected chi connectivity index (χ4v) is 1.37. The summed E-state index contributed by atoms with van der Waals surface area (Å²) in [5, 5.41) is 26.7. The lowest BCUT2D eigenvalue weighted by molar-refractivity contribution is 0.00244. The van der Waals surface area contributed by atoms with E-state index in [9.17, 15) is 9.90 Å². The van der Waals surface area contributed by atoms with Crippen molar-refractivity contribution in [1.29, 1.82) is 0 Å². The van der Waals surface area contributed by atoms with E-state index in [-0.39, 0.29) is 19.1 Å². The van der Waals surface area contributed by atoms with Gasteiger partial charge in [-0.05, 0) is 6.42 Å². The highest BCUT2D eigenvalue weighted by Gasteiger charge is 2.29. The van der Waals surface area contributed by atoms with Crippen molar-refractivity contribution in [2.75, 3.05) is 19.7 Å². The average Bonchev–Trinajstić information content (AvgIpc) is 2.04. The Balaban J connectivity index is 2.46. The highest BCUT2D eigenvalue weighted by atomic mass is 16.4. The molecule has 70 valence electrons. The molecule has 1 fully saturated rings. The Morgan fingerprint density at radius 3 is 2.67 bits per heavy atom. The molecular formula is C7H13NO4. The van der Waals surface area contributed by atoms with Crippen molar-refractivity contribution in [3.05, 3.63) is 0 Å². The van der Waals surface area contributed by atoms with Gasteiger partial charge in [-0.1, -0.05) is 0 Å². The largest absolute Gasteiger partial charge is 0.465 e. The smallest absolute Gasteiger partial charge is 0.407 e. The normalized spacial score (nSPS) is 30.3. The maximum atomic E-state index is 10.4. The molecule has 0 aliphatic carbocycles. The number of rotatable bonds is 1. The maximum absolute atomic E-state index is 10.4. The summed E-state index contributed by atoms with van der Waals surface area (Å²) in [5.41, 5.74) is 0. The zero-order valence-electron chi connectivity index (χ0n) is 6.68. The first-order chi connectivity index (χ1) is 5.65. The predicted molar refractivity (Wildman–Crippen MR) is 40.8 cm³/mol. The summed E-state index contributed by atoms with van der Waals surface area (Å²) in [7, 11) is 0. The van der Waals surface area contributed by atoms with E-state index in [1.807, 2.05) is 0 Å². The molecule has 5 heteroatoms. The van der Waals surface area contributed by atoms with Crippen molar-refractivity contribution >= 4 is 6.09 Å². The molecule has 1 rings (SSSR count). The molecule has 0 aromatic rings. The first kappa shape index (κ1) is 9.28. The van der Waals surface area contributed by atoms with Crippen LogP contribution in [0.25, 0.3) is 0 Å². The first-order valence-electron chi connectivity index (χ1n) is 3.92. The lowest BCUT2D eigenvalue weighted by Gasteiger charge is -2.33. The number of aliphatic hydroxyl groups excluding tert-OH is 2. The number of hydrogen-bond donors (Lipinski definition) is 3. The molecule has 1 aliphatic rings. The minimum Gasteiger partial charge on any atom is -0.465 e. The van der Waals surface area contributed by atoms with Crippen LogP contribution < -0.4 is 0 Å². The van der Waals surface area contributed by atoms with Crippen LogP contribution in [0.2, 0.25) is 0 Å². The van der Waals surface area contributed by atoms with Crippen LogP contribution in [0.1, 0.15) is 6.42 Å². The van der Waals surface area contributed by atoms with E-state index >= 15 is 0 Å². The highest BCUT2D eigenvalue weighted by molar-refractivity contribution is 5.65. The number of piperidine rings is 1. The van der Waals surface area contributed by atoms with Gasteiger partial charge in [0.1, 0.15) is 0 Å². The number of β-amino-alcohol motifs (C(OH)–C–C–N with tert-alkyl or cyclic N) is 1. The van der Waals surface area contributed by atoms with E-state index in [4.69, 9.17) is 10.2 Å². The average molecular weight is 175 g/mol. The van der Waals surface area contributed by atoms with Crippen LogP contribution in [-0.4, -0.2) is 52.1 Å². The van der Waals surface area contributed by atoms with Crippen molar-refractivity contribution in [3.8, 4) is 0 Å². The molecule has 1 saturated heterocycles. The van der Waals surface area contributed by atoms with Crippen molar-refractivity contribution < 1.29 is 20.1 Å². The van der Waals surface area contributed by atoms with Gasteiger partial charge in [0.05, 0.1) is 12.6 Å². The number of likely N-dealkylation sites (tertiary alicyclic amines) is 1. The zero-order chi connectivity index (χ0) is 9.14. The monoisotopic (exact) mass is 175 g/mol. The fourth-order valence-electron chi connectivity index (χ4n) is 1.37. The minimum absolute atomic E-state index is 0.0748. The van der Waals surface area contributed by atoms with Crippen LogP contribution in [0.3, 0.4) is 0 Å². The van der Waals surface area contributed by atoms with Gasteiger partial charge < -0.3 is 20.2 Å². The van der Waals surface area contributed by atoms with Gasteiger partial charge >= 0.3 is 6.09 Å². The van der Waals surface area contributed by atoms with E-state index in [2.05, 4.69) is 0 Å². The number of aliphatic hydroxyl groups is 2. The molecular weight excluding hydrogens is 162 g/mol. The number of carbonyl (C=O) groups is 1. The molecule has 0 radical (unpaired) electrons. The van der Waals surface area contributed by atoms with Crippen molar-refractivity contribution in [3.63, 3.8) is 0 Å². The Hall–Kier alpha value is -0.810. The van der Waals surface area contributed by atoms with E-state index in [0.717, 1.165) is 4.90 Å². The molecule has 0 spiro atoms.